The number of likely N-dealkylation sites (tertiary alicyclic amines) is 1. The molecule has 0 unspecified atom stereocenters. The van der Waals surface area contributed by atoms with E-state index in [9.17, 15) is 28.8 Å². The first kappa shape index (κ1) is 39.7. The molecular formula is C37H48ClN7O7. The lowest BCUT2D eigenvalue weighted by molar-refractivity contribution is -0.150. The number of rotatable bonds is 17. The van der Waals surface area contributed by atoms with Gasteiger partial charge in [-0.15, -0.1) is 11.6 Å². The molecule has 4 rings (SSSR count). The maximum absolute atomic E-state index is 14.3. The van der Waals surface area contributed by atoms with Crippen molar-refractivity contribution in [3.8, 4) is 0 Å². The Morgan fingerprint density at radius 3 is 2.44 bits per heavy atom. The number of nitrogens with one attached hydrogen (secondary N) is 4. The summed E-state index contributed by atoms with van der Waals surface area (Å²) in [7, 11) is 1.53. The lowest BCUT2D eigenvalue weighted by Gasteiger charge is -2.39. The molecule has 15 heteroatoms. The number of hydrogen-bond acceptors (Lipinski definition) is 7. The zero-order valence-corrected chi connectivity index (χ0v) is 30.3. The number of H-pyrrole nitrogens is 1. The summed E-state index contributed by atoms with van der Waals surface area (Å²) < 4.78 is 5.21. The fourth-order valence-corrected chi connectivity index (χ4v) is 6.62. The first-order chi connectivity index (χ1) is 25.0. The van der Waals surface area contributed by atoms with Crippen molar-refractivity contribution >= 4 is 58.1 Å². The number of alkyl halides is 1. The molecule has 52 heavy (non-hydrogen) atoms. The summed E-state index contributed by atoms with van der Waals surface area (Å²) in [5.74, 6) is -2.94. The summed E-state index contributed by atoms with van der Waals surface area (Å²) in [4.78, 5) is 85.4. The minimum atomic E-state index is -1.15. The van der Waals surface area contributed by atoms with Gasteiger partial charge in [0, 0.05) is 50.1 Å². The van der Waals surface area contributed by atoms with Crippen LogP contribution in [-0.2, 0) is 41.6 Å². The van der Waals surface area contributed by atoms with Gasteiger partial charge < -0.3 is 41.2 Å². The molecule has 0 spiro atoms. The average molecular weight is 738 g/mol. The van der Waals surface area contributed by atoms with E-state index < -0.39 is 59.8 Å². The normalized spacial score (nSPS) is 15.9. The molecule has 1 aliphatic rings. The Morgan fingerprint density at radius 2 is 1.73 bits per heavy atom. The van der Waals surface area contributed by atoms with E-state index in [1.165, 1.54) is 16.8 Å². The molecule has 3 aromatic rings. The molecule has 0 saturated carbocycles. The number of halogens is 1. The topological polar surface area (TPSA) is 196 Å². The second kappa shape index (κ2) is 19.5. The summed E-state index contributed by atoms with van der Waals surface area (Å²) in [6, 6.07) is 12.1. The second-order valence-corrected chi connectivity index (χ2v) is 13.0. The van der Waals surface area contributed by atoms with Crippen LogP contribution in [0.5, 0.6) is 0 Å². The van der Waals surface area contributed by atoms with Crippen LogP contribution in [0.1, 0.15) is 50.2 Å². The first-order valence-electron chi connectivity index (χ1n) is 17.6. The molecule has 0 bridgehead atoms. The molecule has 280 valence electrons. The van der Waals surface area contributed by atoms with Crippen molar-refractivity contribution in [2.24, 2.45) is 5.73 Å². The second-order valence-electron chi connectivity index (χ2n) is 12.8. The third-order valence-corrected chi connectivity index (χ3v) is 9.44. The van der Waals surface area contributed by atoms with Crippen molar-refractivity contribution in [3.63, 3.8) is 0 Å². The monoisotopic (exact) mass is 737 g/mol. The number of primary amides is 1. The van der Waals surface area contributed by atoms with Gasteiger partial charge in [0.25, 0.3) is 0 Å². The number of amides is 6. The molecule has 6 amide bonds. The van der Waals surface area contributed by atoms with Crippen LogP contribution < -0.4 is 21.7 Å². The molecule has 2 heterocycles. The van der Waals surface area contributed by atoms with Crippen molar-refractivity contribution in [3.05, 3.63) is 71.9 Å². The van der Waals surface area contributed by atoms with Crippen LogP contribution in [-0.4, -0.2) is 107 Å². The number of aromatic amines is 1. The fraction of sp³-hybridized carbons (Fsp3) is 0.459. The van der Waals surface area contributed by atoms with Crippen LogP contribution >= 0.6 is 11.6 Å². The number of urea groups is 1. The predicted molar refractivity (Wildman–Crippen MR) is 196 cm³/mol. The minimum Gasteiger partial charge on any atom is -0.464 e. The van der Waals surface area contributed by atoms with Gasteiger partial charge in [-0.2, -0.15) is 0 Å². The van der Waals surface area contributed by atoms with Gasteiger partial charge in [0.15, 0.2) is 0 Å². The SMILES string of the molecule is CCOC(=O)[C@H](CCCNC(N)=O)NC(=O)[C@H](Cc1c[nH]c2ccccc12)NC(=O)[C@@H]1CCCCN1C(=O)[C@@H](Cc1ccccc1)N(C)C(=O)CCl. The first-order valence-corrected chi connectivity index (χ1v) is 18.1. The van der Waals surface area contributed by atoms with Crippen LogP contribution in [0.3, 0.4) is 0 Å². The molecule has 6 N–H and O–H groups in total. The van der Waals surface area contributed by atoms with Crippen molar-refractivity contribution in [2.45, 2.75) is 76.0 Å². The summed E-state index contributed by atoms with van der Waals surface area (Å²) in [6.07, 6.45) is 4.20. The Kier molecular flexibility index (Phi) is 14.9. The number of likely N-dealkylation sites (N-methyl/N-ethyl adjacent to an activating group) is 1. The van der Waals surface area contributed by atoms with Crippen molar-refractivity contribution in [2.75, 3.05) is 32.6 Å². The van der Waals surface area contributed by atoms with E-state index in [1.54, 1.807) is 13.1 Å². The Bertz CT molecular complexity index is 1700. The Labute approximate surface area is 308 Å². The molecule has 1 aliphatic heterocycles. The van der Waals surface area contributed by atoms with E-state index in [2.05, 4.69) is 20.9 Å². The largest absolute Gasteiger partial charge is 0.464 e. The number of benzene rings is 2. The zero-order valence-electron chi connectivity index (χ0n) is 29.6. The van der Waals surface area contributed by atoms with Crippen LogP contribution in [0, 0.1) is 0 Å². The standard InChI is InChI=1S/C37H48ClN7O7/c1-3-52-36(50)28(16-11-18-40-37(39)51)42-33(47)29(21-25-23-41-27-15-8-7-14-26(25)27)43-34(48)30-17-9-10-19-45(30)35(49)31(44(2)32(46)22-38)20-24-12-5-4-6-13-24/h4-8,12-15,23,28-31,41H,3,9-11,16-22H2,1-2H3,(H,42,47)(H,43,48)(H3,39,40,51)/t28-,29-,30-,31+/m0/s1. The zero-order chi connectivity index (χ0) is 37.6. The van der Waals surface area contributed by atoms with E-state index >= 15 is 0 Å². The Morgan fingerprint density at radius 1 is 1.00 bits per heavy atom. The molecule has 0 radical (unpaired) electrons. The molecule has 1 aromatic heterocycles. The van der Waals surface area contributed by atoms with E-state index in [0.717, 1.165) is 22.0 Å². The van der Waals surface area contributed by atoms with Gasteiger partial charge >= 0.3 is 12.0 Å². The van der Waals surface area contributed by atoms with Crippen molar-refractivity contribution in [1.82, 2.24) is 30.7 Å². The highest BCUT2D eigenvalue weighted by Crippen LogP contribution is 2.23. The number of carbonyl (C=O) groups is 6. The average Bonchev–Trinajstić information content (AvgIpc) is 3.56. The van der Waals surface area contributed by atoms with Gasteiger partial charge in [-0.25, -0.2) is 9.59 Å². The number of nitrogens with two attached hydrogens (primary N) is 1. The maximum atomic E-state index is 14.3. The smallest absolute Gasteiger partial charge is 0.328 e. The van der Waals surface area contributed by atoms with Gasteiger partial charge in [-0.05, 0) is 56.2 Å². The number of hydrogen-bond donors (Lipinski definition) is 5. The number of esters is 1. The van der Waals surface area contributed by atoms with Crippen LogP contribution in [0.2, 0.25) is 0 Å². The lowest BCUT2D eigenvalue weighted by Crippen LogP contribution is -2.61. The molecule has 14 nitrogen and oxygen atoms in total. The van der Waals surface area contributed by atoms with Crippen molar-refractivity contribution in [1.29, 1.82) is 0 Å². The highest BCUT2D eigenvalue weighted by atomic mass is 35.5. The molecule has 1 fully saturated rings. The van der Waals surface area contributed by atoms with Gasteiger partial charge in [0.2, 0.25) is 23.6 Å². The quantitative estimate of drug-likeness (QED) is 0.0797. The van der Waals surface area contributed by atoms with Crippen LogP contribution in [0.25, 0.3) is 10.9 Å². The number of fused-ring (bicyclic) bond motifs is 1. The number of piperidine rings is 1. The van der Waals surface area contributed by atoms with Gasteiger partial charge in [0.05, 0.1) is 6.61 Å². The fourth-order valence-electron chi connectivity index (χ4n) is 6.43. The number of carbonyl (C=O) groups excluding carboxylic acids is 6. The van der Waals surface area contributed by atoms with E-state index in [1.807, 2.05) is 54.6 Å². The lowest BCUT2D eigenvalue weighted by atomic mass is 9.96. The molecule has 1 saturated heterocycles. The number of aromatic nitrogens is 1. The highest BCUT2D eigenvalue weighted by molar-refractivity contribution is 6.27. The van der Waals surface area contributed by atoms with Gasteiger partial charge in [0.1, 0.15) is 30.0 Å². The summed E-state index contributed by atoms with van der Waals surface area (Å²) in [6.45, 7) is 2.20. The summed E-state index contributed by atoms with van der Waals surface area (Å²) in [5, 5.41) is 8.97. The highest BCUT2D eigenvalue weighted by Gasteiger charge is 2.39. The summed E-state index contributed by atoms with van der Waals surface area (Å²) >= 11 is 5.90. The Hall–Kier alpha value is -5.11. The minimum absolute atomic E-state index is 0.0740. The predicted octanol–water partition coefficient (Wildman–Crippen LogP) is 2.38. The van der Waals surface area contributed by atoms with Gasteiger partial charge in [-0.3, -0.25) is 19.2 Å². The van der Waals surface area contributed by atoms with E-state index in [0.29, 0.717) is 25.7 Å². The molecular weight excluding hydrogens is 690 g/mol. The number of para-hydroxylation sites is 1. The number of ether oxygens (including phenoxy) is 1. The molecule has 2 aromatic carbocycles. The van der Waals surface area contributed by atoms with Crippen LogP contribution in [0.15, 0.2) is 60.8 Å². The van der Waals surface area contributed by atoms with Crippen LogP contribution in [0.4, 0.5) is 4.79 Å². The van der Waals surface area contributed by atoms with Crippen molar-refractivity contribution < 1.29 is 33.5 Å². The van der Waals surface area contributed by atoms with Gasteiger partial charge in [-0.1, -0.05) is 48.5 Å². The number of nitrogens with zero attached hydrogens (tertiary/aromatic N) is 2. The maximum Gasteiger partial charge on any atom is 0.328 e. The Balaban J connectivity index is 1.60. The van der Waals surface area contributed by atoms with E-state index in [-0.39, 0.29) is 44.8 Å². The third-order valence-electron chi connectivity index (χ3n) is 9.21. The summed E-state index contributed by atoms with van der Waals surface area (Å²) in [5.41, 5.74) is 7.60. The third kappa shape index (κ3) is 10.7. The molecule has 4 atom stereocenters. The molecule has 0 aliphatic carbocycles. The van der Waals surface area contributed by atoms with E-state index in [4.69, 9.17) is 22.1 Å².